The van der Waals surface area contributed by atoms with E-state index in [2.05, 4.69) is 10.0 Å². The topological polar surface area (TPSA) is 95.5 Å². The molecular weight excluding hydrogens is 256 g/mol. The summed E-state index contributed by atoms with van der Waals surface area (Å²) in [7, 11) is -2.03. The zero-order valence-corrected chi connectivity index (χ0v) is 11.0. The molecule has 0 atom stereocenters. The number of aromatic hydroxyl groups is 1. The summed E-state index contributed by atoms with van der Waals surface area (Å²) >= 11 is 0. The molecular formula is C11H16N2O4S. The summed E-state index contributed by atoms with van der Waals surface area (Å²) < 4.78 is 24.4. The van der Waals surface area contributed by atoms with E-state index in [0.29, 0.717) is 0 Å². The van der Waals surface area contributed by atoms with Crippen LogP contribution in [0, 0.1) is 6.92 Å². The monoisotopic (exact) mass is 272 g/mol. The molecule has 18 heavy (non-hydrogen) atoms. The zero-order chi connectivity index (χ0) is 13.8. The maximum Gasteiger partial charge on any atom is 0.255 e. The molecule has 0 spiro atoms. The maximum absolute atomic E-state index is 11.7. The summed E-state index contributed by atoms with van der Waals surface area (Å²) in [4.78, 5) is 11.7. The maximum atomic E-state index is 11.7. The van der Waals surface area contributed by atoms with Gasteiger partial charge < -0.3 is 10.4 Å². The Morgan fingerprint density at radius 3 is 2.67 bits per heavy atom. The largest absolute Gasteiger partial charge is 0.507 e. The molecule has 100 valence electrons. The summed E-state index contributed by atoms with van der Waals surface area (Å²) in [6, 6.07) is 4.64. The van der Waals surface area contributed by atoms with Gasteiger partial charge in [-0.05, 0) is 26.1 Å². The van der Waals surface area contributed by atoms with Crippen molar-refractivity contribution in [3.63, 3.8) is 0 Å². The van der Waals surface area contributed by atoms with Crippen molar-refractivity contribution >= 4 is 15.9 Å². The Hall–Kier alpha value is -1.60. The lowest BCUT2D eigenvalue weighted by Gasteiger charge is -2.07. The molecule has 7 heteroatoms. The highest BCUT2D eigenvalue weighted by atomic mass is 32.2. The van der Waals surface area contributed by atoms with Gasteiger partial charge >= 0.3 is 0 Å². The number of carbonyl (C=O) groups excluding carboxylic acids is 1. The molecule has 1 aromatic carbocycles. The summed E-state index contributed by atoms with van der Waals surface area (Å²) in [6.45, 7) is 1.77. The van der Waals surface area contributed by atoms with Gasteiger partial charge in [-0.2, -0.15) is 0 Å². The number of benzene rings is 1. The minimum absolute atomic E-state index is 0.0185. The molecule has 1 aromatic rings. The quantitative estimate of drug-likeness (QED) is 0.702. The average molecular weight is 272 g/mol. The number of aryl methyl sites for hydroxylation is 1. The van der Waals surface area contributed by atoms with Crippen LogP contribution in [0.25, 0.3) is 0 Å². The second-order valence-electron chi connectivity index (χ2n) is 3.80. The van der Waals surface area contributed by atoms with E-state index in [1.54, 1.807) is 13.0 Å². The van der Waals surface area contributed by atoms with Crippen molar-refractivity contribution in [2.75, 3.05) is 19.3 Å². The molecule has 3 N–H and O–H groups in total. The van der Waals surface area contributed by atoms with Gasteiger partial charge in [0.25, 0.3) is 5.91 Å². The first kappa shape index (κ1) is 14.5. The molecule has 0 aliphatic heterocycles. The first-order valence-electron chi connectivity index (χ1n) is 5.35. The van der Waals surface area contributed by atoms with Gasteiger partial charge in [-0.3, -0.25) is 4.79 Å². The summed E-state index contributed by atoms with van der Waals surface area (Å²) in [5.41, 5.74) is 0.970. The van der Waals surface area contributed by atoms with Gasteiger partial charge in [0.15, 0.2) is 0 Å². The van der Waals surface area contributed by atoms with Crippen LogP contribution in [0.5, 0.6) is 5.75 Å². The van der Waals surface area contributed by atoms with Crippen molar-refractivity contribution in [3.05, 3.63) is 29.3 Å². The number of sulfonamides is 1. The highest BCUT2D eigenvalue weighted by molar-refractivity contribution is 7.89. The third kappa shape index (κ3) is 4.01. The first-order chi connectivity index (χ1) is 8.35. The number of phenolic OH excluding ortho intramolecular Hbond substituents is 1. The standard InChI is InChI=1S/C11H16N2O4S/c1-8-3-4-10(14)9(7-8)11(15)13-5-6-18(16,17)12-2/h3-4,7,12,14H,5-6H2,1-2H3,(H,13,15). The molecule has 0 fully saturated rings. The Labute approximate surface area is 106 Å². The second kappa shape index (κ2) is 5.83. The fourth-order valence-electron chi connectivity index (χ4n) is 1.33. The molecule has 1 rings (SSSR count). The van der Waals surface area contributed by atoms with Crippen molar-refractivity contribution in [3.8, 4) is 5.75 Å². The van der Waals surface area contributed by atoms with Gasteiger partial charge in [-0.1, -0.05) is 11.6 Å². The van der Waals surface area contributed by atoms with Crippen LogP contribution in [0.2, 0.25) is 0 Å². The molecule has 0 aliphatic rings. The predicted molar refractivity (Wildman–Crippen MR) is 68.0 cm³/mol. The molecule has 0 unspecified atom stereocenters. The van der Waals surface area contributed by atoms with E-state index in [9.17, 15) is 18.3 Å². The third-order valence-corrected chi connectivity index (χ3v) is 3.73. The van der Waals surface area contributed by atoms with Gasteiger partial charge in [0.2, 0.25) is 10.0 Å². The van der Waals surface area contributed by atoms with E-state index in [4.69, 9.17) is 0 Å². The average Bonchev–Trinajstić information content (AvgIpc) is 2.32. The van der Waals surface area contributed by atoms with Gasteiger partial charge in [-0.15, -0.1) is 0 Å². The number of hydrogen-bond acceptors (Lipinski definition) is 4. The molecule has 0 aliphatic carbocycles. The van der Waals surface area contributed by atoms with E-state index in [1.165, 1.54) is 19.2 Å². The number of amides is 1. The molecule has 6 nitrogen and oxygen atoms in total. The van der Waals surface area contributed by atoms with Crippen LogP contribution in [-0.4, -0.2) is 38.8 Å². The minimum atomic E-state index is -3.34. The Morgan fingerprint density at radius 2 is 2.06 bits per heavy atom. The fraction of sp³-hybridized carbons (Fsp3) is 0.364. The van der Waals surface area contributed by atoms with E-state index in [-0.39, 0.29) is 23.6 Å². The molecule has 0 aromatic heterocycles. The molecule has 0 saturated carbocycles. The van der Waals surface area contributed by atoms with E-state index in [0.717, 1.165) is 5.56 Å². The lowest BCUT2D eigenvalue weighted by Crippen LogP contribution is -2.33. The lowest BCUT2D eigenvalue weighted by molar-refractivity contribution is 0.0953. The third-order valence-electron chi connectivity index (χ3n) is 2.36. The summed E-state index contributed by atoms with van der Waals surface area (Å²) in [6.07, 6.45) is 0. The molecule has 1 amide bonds. The number of nitrogens with one attached hydrogen (secondary N) is 2. The van der Waals surface area contributed by atoms with E-state index < -0.39 is 15.9 Å². The van der Waals surface area contributed by atoms with Crippen LogP contribution >= 0.6 is 0 Å². The molecule has 0 saturated heterocycles. The number of hydrogen-bond donors (Lipinski definition) is 3. The zero-order valence-electron chi connectivity index (χ0n) is 10.2. The summed E-state index contributed by atoms with van der Waals surface area (Å²) in [5.74, 6) is -0.834. The van der Waals surface area contributed by atoms with E-state index >= 15 is 0 Å². The Morgan fingerprint density at radius 1 is 1.39 bits per heavy atom. The molecule has 0 heterocycles. The second-order valence-corrected chi connectivity index (χ2v) is 5.85. The van der Waals surface area contributed by atoms with Crippen LogP contribution in [-0.2, 0) is 10.0 Å². The smallest absolute Gasteiger partial charge is 0.255 e. The molecule has 0 bridgehead atoms. The van der Waals surface area contributed by atoms with Gasteiger partial charge in [0, 0.05) is 6.54 Å². The van der Waals surface area contributed by atoms with Crippen molar-refractivity contribution in [1.29, 1.82) is 0 Å². The number of carbonyl (C=O) groups is 1. The number of phenols is 1. The predicted octanol–water partition coefficient (Wildman–Crippen LogP) is -0.0204. The highest BCUT2D eigenvalue weighted by Gasteiger charge is 2.12. The van der Waals surface area contributed by atoms with Gasteiger partial charge in [0.05, 0.1) is 11.3 Å². The van der Waals surface area contributed by atoms with Crippen LogP contribution in [0.15, 0.2) is 18.2 Å². The van der Waals surface area contributed by atoms with Crippen molar-refractivity contribution in [2.24, 2.45) is 0 Å². The first-order valence-corrected chi connectivity index (χ1v) is 7.00. The lowest BCUT2D eigenvalue weighted by atomic mass is 10.1. The fourth-order valence-corrected chi connectivity index (χ4v) is 1.90. The van der Waals surface area contributed by atoms with Gasteiger partial charge in [0.1, 0.15) is 5.75 Å². The Kier molecular flexibility index (Phi) is 4.69. The van der Waals surface area contributed by atoms with Crippen LogP contribution in [0.4, 0.5) is 0 Å². The van der Waals surface area contributed by atoms with Crippen molar-refractivity contribution < 1.29 is 18.3 Å². The normalized spacial score (nSPS) is 11.2. The SMILES string of the molecule is CNS(=O)(=O)CCNC(=O)c1cc(C)ccc1O. The van der Waals surface area contributed by atoms with Crippen molar-refractivity contribution in [2.45, 2.75) is 6.92 Å². The van der Waals surface area contributed by atoms with Crippen LogP contribution in [0.3, 0.4) is 0 Å². The Bertz CT molecular complexity index is 540. The van der Waals surface area contributed by atoms with Crippen molar-refractivity contribution in [1.82, 2.24) is 10.0 Å². The molecule has 0 radical (unpaired) electrons. The number of rotatable bonds is 5. The summed E-state index contributed by atoms with van der Waals surface area (Å²) in [5, 5.41) is 12.0. The Balaban J connectivity index is 2.64. The van der Waals surface area contributed by atoms with Crippen LogP contribution < -0.4 is 10.0 Å². The highest BCUT2D eigenvalue weighted by Crippen LogP contribution is 2.17. The van der Waals surface area contributed by atoms with Crippen LogP contribution in [0.1, 0.15) is 15.9 Å². The minimum Gasteiger partial charge on any atom is -0.507 e. The van der Waals surface area contributed by atoms with E-state index in [1.807, 2.05) is 0 Å². The van der Waals surface area contributed by atoms with Gasteiger partial charge in [-0.25, -0.2) is 13.1 Å².